The predicted octanol–water partition coefficient (Wildman–Crippen LogP) is 2.36. The van der Waals surface area contributed by atoms with E-state index in [0.29, 0.717) is 35.8 Å². The van der Waals surface area contributed by atoms with Gasteiger partial charge in [-0.1, -0.05) is 23.7 Å². The molecule has 1 aromatic heterocycles. The van der Waals surface area contributed by atoms with Crippen LogP contribution in [0.3, 0.4) is 0 Å². The lowest BCUT2D eigenvalue weighted by Crippen LogP contribution is -2.61. The SMILES string of the molecule is NC(=O)C1(NC(=O)c2ccc(-c3ccccc3Cl)o2)CCCOC1. The van der Waals surface area contributed by atoms with Crippen LogP contribution in [0.4, 0.5) is 0 Å². The second-order valence-corrected chi connectivity index (χ2v) is 6.11. The van der Waals surface area contributed by atoms with Crippen LogP contribution in [0.2, 0.25) is 5.02 Å². The zero-order chi connectivity index (χ0) is 17.2. The van der Waals surface area contributed by atoms with Crippen molar-refractivity contribution in [1.82, 2.24) is 5.32 Å². The van der Waals surface area contributed by atoms with Crippen LogP contribution in [0, 0.1) is 0 Å². The molecule has 3 rings (SSSR count). The molecule has 7 heteroatoms. The number of halogens is 1. The van der Waals surface area contributed by atoms with Crippen LogP contribution < -0.4 is 11.1 Å². The molecule has 2 heterocycles. The minimum atomic E-state index is -1.20. The van der Waals surface area contributed by atoms with E-state index in [-0.39, 0.29) is 12.4 Å². The summed E-state index contributed by atoms with van der Waals surface area (Å²) in [6.07, 6.45) is 1.08. The molecule has 0 radical (unpaired) electrons. The van der Waals surface area contributed by atoms with Crippen molar-refractivity contribution in [1.29, 1.82) is 0 Å². The van der Waals surface area contributed by atoms with Gasteiger partial charge in [-0.15, -0.1) is 0 Å². The van der Waals surface area contributed by atoms with Crippen molar-refractivity contribution in [2.24, 2.45) is 5.73 Å². The minimum absolute atomic E-state index is 0.0617. The molecule has 2 amide bonds. The quantitative estimate of drug-likeness (QED) is 0.886. The fourth-order valence-electron chi connectivity index (χ4n) is 2.69. The van der Waals surface area contributed by atoms with Gasteiger partial charge in [-0.25, -0.2) is 0 Å². The first-order chi connectivity index (χ1) is 11.5. The molecular weight excluding hydrogens is 332 g/mol. The Kier molecular flexibility index (Phi) is 4.59. The van der Waals surface area contributed by atoms with Crippen molar-refractivity contribution in [3.63, 3.8) is 0 Å². The van der Waals surface area contributed by atoms with Crippen LogP contribution in [-0.2, 0) is 9.53 Å². The summed E-state index contributed by atoms with van der Waals surface area (Å²) < 4.78 is 10.9. The number of primary amides is 1. The molecule has 24 heavy (non-hydrogen) atoms. The van der Waals surface area contributed by atoms with E-state index < -0.39 is 17.4 Å². The molecule has 2 aromatic rings. The molecule has 0 saturated carbocycles. The first kappa shape index (κ1) is 16.5. The number of carbonyl (C=O) groups excluding carboxylic acids is 2. The third-order valence-electron chi connectivity index (χ3n) is 4.03. The molecule has 1 aliphatic heterocycles. The molecule has 1 saturated heterocycles. The fraction of sp³-hybridized carbons (Fsp3) is 0.294. The zero-order valence-corrected chi connectivity index (χ0v) is 13.6. The first-order valence-electron chi connectivity index (χ1n) is 7.57. The Morgan fingerprint density at radius 1 is 1.21 bits per heavy atom. The third kappa shape index (κ3) is 3.16. The number of amides is 2. The molecule has 1 unspecified atom stereocenters. The van der Waals surface area contributed by atoms with Crippen molar-refractivity contribution in [3.05, 3.63) is 47.2 Å². The van der Waals surface area contributed by atoms with Gasteiger partial charge in [0, 0.05) is 12.2 Å². The third-order valence-corrected chi connectivity index (χ3v) is 4.36. The van der Waals surface area contributed by atoms with Gasteiger partial charge in [0.15, 0.2) is 5.76 Å². The molecule has 1 atom stereocenters. The average molecular weight is 349 g/mol. The Hall–Kier alpha value is -2.31. The number of nitrogens with two attached hydrogens (primary N) is 1. The van der Waals surface area contributed by atoms with Crippen LogP contribution in [0.5, 0.6) is 0 Å². The first-order valence-corrected chi connectivity index (χ1v) is 7.94. The number of nitrogens with one attached hydrogen (secondary N) is 1. The Balaban J connectivity index is 1.81. The highest BCUT2D eigenvalue weighted by molar-refractivity contribution is 6.33. The second kappa shape index (κ2) is 6.67. The number of ether oxygens (including phenoxy) is 1. The number of hydrogen-bond donors (Lipinski definition) is 2. The fourth-order valence-corrected chi connectivity index (χ4v) is 2.92. The van der Waals surface area contributed by atoms with Crippen molar-refractivity contribution >= 4 is 23.4 Å². The Bertz CT molecular complexity index is 765. The molecule has 6 nitrogen and oxygen atoms in total. The number of furan rings is 1. The van der Waals surface area contributed by atoms with Crippen LogP contribution in [-0.4, -0.2) is 30.6 Å². The molecular formula is C17H17ClN2O4. The van der Waals surface area contributed by atoms with Crippen LogP contribution in [0.15, 0.2) is 40.8 Å². The van der Waals surface area contributed by atoms with E-state index in [0.717, 1.165) is 0 Å². The number of rotatable bonds is 4. The van der Waals surface area contributed by atoms with Gasteiger partial charge in [-0.2, -0.15) is 0 Å². The van der Waals surface area contributed by atoms with Gasteiger partial charge >= 0.3 is 0 Å². The van der Waals surface area contributed by atoms with E-state index >= 15 is 0 Å². The lowest BCUT2D eigenvalue weighted by Gasteiger charge is -2.34. The summed E-state index contributed by atoms with van der Waals surface area (Å²) in [6, 6.07) is 10.4. The van der Waals surface area contributed by atoms with Crippen molar-refractivity contribution in [2.75, 3.05) is 13.2 Å². The van der Waals surface area contributed by atoms with E-state index in [2.05, 4.69) is 5.32 Å². The number of benzene rings is 1. The standard InChI is InChI=1S/C17H17ClN2O4/c18-12-5-2-1-4-11(12)13-6-7-14(24-13)15(21)20-17(16(19)22)8-3-9-23-10-17/h1-2,4-7H,3,8-10H2,(H2,19,22)(H,20,21). The Morgan fingerprint density at radius 3 is 2.67 bits per heavy atom. The predicted molar refractivity (Wildman–Crippen MR) is 88.6 cm³/mol. The average Bonchev–Trinajstić information content (AvgIpc) is 3.06. The van der Waals surface area contributed by atoms with Gasteiger partial charge in [-0.3, -0.25) is 9.59 Å². The Morgan fingerprint density at radius 2 is 2.00 bits per heavy atom. The van der Waals surface area contributed by atoms with Gasteiger partial charge in [0.2, 0.25) is 5.91 Å². The monoisotopic (exact) mass is 348 g/mol. The lowest BCUT2D eigenvalue weighted by molar-refractivity contribution is -0.129. The molecule has 0 bridgehead atoms. The molecule has 1 aliphatic rings. The van der Waals surface area contributed by atoms with Crippen molar-refractivity contribution < 1.29 is 18.7 Å². The smallest absolute Gasteiger partial charge is 0.287 e. The molecule has 126 valence electrons. The topological polar surface area (TPSA) is 94.6 Å². The van der Waals surface area contributed by atoms with Gasteiger partial charge in [0.05, 0.1) is 11.6 Å². The summed E-state index contributed by atoms with van der Waals surface area (Å²) in [5, 5.41) is 3.18. The molecule has 0 aliphatic carbocycles. The highest BCUT2D eigenvalue weighted by Gasteiger charge is 2.41. The number of carbonyl (C=O) groups is 2. The van der Waals surface area contributed by atoms with Gasteiger partial charge < -0.3 is 20.2 Å². The van der Waals surface area contributed by atoms with Crippen LogP contribution >= 0.6 is 11.6 Å². The molecule has 3 N–H and O–H groups in total. The van der Waals surface area contributed by atoms with E-state index in [1.165, 1.54) is 6.07 Å². The Labute approximate surface area is 143 Å². The van der Waals surface area contributed by atoms with Crippen molar-refractivity contribution in [2.45, 2.75) is 18.4 Å². The van der Waals surface area contributed by atoms with Crippen LogP contribution in [0.1, 0.15) is 23.4 Å². The van der Waals surface area contributed by atoms with E-state index in [1.54, 1.807) is 18.2 Å². The maximum absolute atomic E-state index is 12.5. The summed E-state index contributed by atoms with van der Waals surface area (Å²) in [5.41, 5.74) is 4.95. The molecule has 1 fully saturated rings. The second-order valence-electron chi connectivity index (χ2n) is 5.70. The van der Waals surface area contributed by atoms with E-state index in [9.17, 15) is 9.59 Å². The highest BCUT2D eigenvalue weighted by Crippen LogP contribution is 2.29. The summed E-state index contributed by atoms with van der Waals surface area (Å²) in [5.74, 6) is -0.582. The van der Waals surface area contributed by atoms with Gasteiger partial charge in [0.25, 0.3) is 5.91 Å². The van der Waals surface area contributed by atoms with E-state index in [4.69, 9.17) is 26.5 Å². The van der Waals surface area contributed by atoms with Gasteiger partial charge in [-0.05, 0) is 37.1 Å². The van der Waals surface area contributed by atoms with Crippen LogP contribution in [0.25, 0.3) is 11.3 Å². The molecule has 0 spiro atoms. The van der Waals surface area contributed by atoms with Gasteiger partial charge in [0.1, 0.15) is 11.3 Å². The van der Waals surface area contributed by atoms with Crippen molar-refractivity contribution in [3.8, 4) is 11.3 Å². The maximum Gasteiger partial charge on any atom is 0.287 e. The normalized spacial score (nSPS) is 20.5. The minimum Gasteiger partial charge on any atom is -0.451 e. The summed E-state index contributed by atoms with van der Waals surface area (Å²) >= 11 is 6.13. The zero-order valence-electron chi connectivity index (χ0n) is 12.9. The number of hydrogen-bond acceptors (Lipinski definition) is 4. The lowest BCUT2D eigenvalue weighted by atomic mass is 9.91. The maximum atomic E-state index is 12.5. The highest BCUT2D eigenvalue weighted by atomic mass is 35.5. The van der Waals surface area contributed by atoms with E-state index in [1.807, 2.05) is 12.1 Å². The molecule has 1 aromatic carbocycles. The summed E-state index contributed by atoms with van der Waals surface area (Å²) in [6.45, 7) is 0.606. The largest absolute Gasteiger partial charge is 0.451 e. The summed E-state index contributed by atoms with van der Waals surface area (Å²) in [4.78, 5) is 24.2. The summed E-state index contributed by atoms with van der Waals surface area (Å²) in [7, 11) is 0.